The Bertz CT molecular complexity index is 727. The van der Waals surface area contributed by atoms with Crippen LogP contribution in [0.1, 0.15) is 99.3 Å². The van der Waals surface area contributed by atoms with Crippen LogP contribution < -0.4 is 5.32 Å². The molecule has 4 aliphatic rings. The molecule has 1 amide bonds. The molecule has 4 aliphatic carbocycles. The van der Waals surface area contributed by atoms with Gasteiger partial charge in [0.1, 0.15) is 0 Å². The zero-order valence-corrected chi connectivity index (χ0v) is 22.6. The molecule has 0 spiro atoms. The second kappa shape index (κ2) is 9.92. The van der Waals surface area contributed by atoms with E-state index in [2.05, 4.69) is 33.0 Å². The first kappa shape index (κ1) is 26.3. The Morgan fingerprint density at radius 2 is 1.68 bits per heavy atom. The molecule has 196 valence electrons. The number of nitrogens with one attached hydrogen (secondary N) is 1. The first-order valence-corrected chi connectivity index (χ1v) is 14.3. The topological polar surface area (TPSA) is 78.8 Å². The van der Waals surface area contributed by atoms with Crippen molar-refractivity contribution in [2.75, 3.05) is 6.61 Å². The molecular formula is C29H51NO4. The van der Waals surface area contributed by atoms with Crippen molar-refractivity contribution >= 4 is 6.09 Å². The van der Waals surface area contributed by atoms with Gasteiger partial charge in [-0.2, -0.15) is 0 Å². The monoisotopic (exact) mass is 477 g/mol. The second-order valence-electron chi connectivity index (χ2n) is 13.3. The summed E-state index contributed by atoms with van der Waals surface area (Å²) >= 11 is 0. The van der Waals surface area contributed by atoms with E-state index < -0.39 is 0 Å². The summed E-state index contributed by atoms with van der Waals surface area (Å²) in [6.45, 7) is 14.0. The Kier molecular flexibility index (Phi) is 7.66. The highest BCUT2D eigenvalue weighted by Crippen LogP contribution is 2.69. The Morgan fingerprint density at radius 3 is 2.35 bits per heavy atom. The molecule has 4 saturated carbocycles. The van der Waals surface area contributed by atoms with E-state index in [1.165, 1.54) is 25.7 Å². The minimum Gasteiger partial charge on any atom is -0.450 e. The summed E-state index contributed by atoms with van der Waals surface area (Å²) in [7, 11) is 0. The fraction of sp³-hybridized carbons (Fsp3) is 0.966. The van der Waals surface area contributed by atoms with Gasteiger partial charge in [0, 0.05) is 6.04 Å². The number of carbonyl (C=O) groups excluding carboxylic acids is 1. The molecule has 0 heterocycles. The SMILES string of the molecule is CC[C@H]1[C@@H](O)[C@@H]2[C@H](CC[C@]3(C)[C@@H]([C@H](C)CCOC(=O)NC(C)C)CC[C@@H]23)[C@@]2(C)CC[C@@H](O)C[C@@H]12. The zero-order chi connectivity index (χ0) is 24.8. The van der Waals surface area contributed by atoms with Crippen molar-refractivity contribution in [3.63, 3.8) is 0 Å². The first-order valence-electron chi connectivity index (χ1n) is 14.3. The molecule has 0 unspecified atom stereocenters. The van der Waals surface area contributed by atoms with E-state index in [4.69, 9.17) is 4.74 Å². The van der Waals surface area contributed by atoms with Gasteiger partial charge >= 0.3 is 6.09 Å². The molecule has 0 aromatic heterocycles. The third-order valence-corrected chi connectivity index (χ3v) is 11.4. The summed E-state index contributed by atoms with van der Waals surface area (Å²) in [6.07, 6.45) is 9.01. The Balaban J connectivity index is 1.48. The molecule has 4 rings (SSSR count). The van der Waals surface area contributed by atoms with Gasteiger partial charge in [-0.3, -0.25) is 0 Å². The summed E-state index contributed by atoms with van der Waals surface area (Å²) in [5, 5.41) is 25.1. The number of hydrogen-bond acceptors (Lipinski definition) is 4. The summed E-state index contributed by atoms with van der Waals surface area (Å²) in [6, 6.07) is 0.0948. The van der Waals surface area contributed by atoms with Crippen molar-refractivity contribution in [2.45, 2.75) is 118 Å². The van der Waals surface area contributed by atoms with Gasteiger partial charge in [-0.1, -0.05) is 34.1 Å². The number of aliphatic hydroxyl groups is 2. The number of ether oxygens (including phenoxy) is 1. The van der Waals surface area contributed by atoms with Gasteiger partial charge in [-0.05, 0) is 117 Å². The van der Waals surface area contributed by atoms with Crippen molar-refractivity contribution in [1.29, 1.82) is 0 Å². The van der Waals surface area contributed by atoms with Gasteiger partial charge < -0.3 is 20.3 Å². The number of carbonyl (C=O) groups is 1. The standard InChI is InChI=1S/C29H51NO4/c1-7-20-24-16-19(31)10-13-29(24,6)23-11-14-28(5)21(8-9-22(28)25(23)26(20)32)18(4)12-15-34-27(33)30-17(2)3/h17-26,31-32H,7-16H2,1-6H3,(H,30,33)/t18-,19-,20-,21-,22+,23+,24+,25+,26-,28-,29-/m1/s1. The predicted octanol–water partition coefficient (Wildman–Crippen LogP) is 5.77. The third-order valence-electron chi connectivity index (χ3n) is 11.4. The van der Waals surface area contributed by atoms with Crippen molar-refractivity contribution in [1.82, 2.24) is 5.32 Å². The van der Waals surface area contributed by atoms with Crippen LogP contribution in [-0.4, -0.2) is 41.2 Å². The van der Waals surface area contributed by atoms with E-state index in [1.807, 2.05) is 13.8 Å². The number of alkyl carbamates (subject to hydrolysis) is 1. The molecule has 5 heteroatoms. The van der Waals surface area contributed by atoms with Gasteiger partial charge in [0.2, 0.25) is 0 Å². The van der Waals surface area contributed by atoms with Crippen LogP contribution in [0.4, 0.5) is 4.79 Å². The van der Waals surface area contributed by atoms with Crippen molar-refractivity contribution in [3.05, 3.63) is 0 Å². The highest BCUT2D eigenvalue weighted by atomic mass is 16.5. The quantitative estimate of drug-likeness (QED) is 0.453. The Hall–Kier alpha value is -0.810. The number of aliphatic hydroxyl groups excluding tert-OH is 2. The van der Waals surface area contributed by atoms with Crippen LogP contribution in [0, 0.1) is 52.3 Å². The molecule has 34 heavy (non-hydrogen) atoms. The van der Waals surface area contributed by atoms with Crippen LogP contribution in [0.25, 0.3) is 0 Å². The van der Waals surface area contributed by atoms with Gasteiger partial charge in [-0.15, -0.1) is 0 Å². The van der Waals surface area contributed by atoms with Crippen LogP contribution in [0.2, 0.25) is 0 Å². The maximum atomic E-state index is 11.9. The Morgan fingerprint density at radius 1 is 1.00 bits per heavy atom. The lowest BCUT2D eigenvalue weighted by atomic mass is 9.41. The number of hydrogen-bond donors (Lipinski definition) is 3. The van der Waals surface area contributed by atoms with Crippen molar-refractivity contribution in [3.8, 4) is 0 Å². The van der Waals surface area contributed by atoms with Crippen molar-refractivity contribution < 1.29 is 19.7 Å². The lowest BCUT2D eigenvalue weighted by Gasteiger charge is -2.64. The summed E-state index contributed by atoms with van der Waals surface area (Å²) in [5.74, 6) is 3.46. The molecule has 11 atom stereocenters. The highest BCUT2D eigenvalue weighted by Gasteiger charge is 2.64. The van der Waals surface area contributed by atoms with Crippen molar-refractivity contribution in [2.24, 2.45) is 52.3 Å². The number of amides is 1. The molecule has 0 radical (unpaired) electrons. The fourth-order valence-corrected chi connectivity index (χ4v) is 9.75. The van der Waals surface area contributed by atoms with Gasteiger partial charge in [0.15, 0.2) is 0 Å². The Labute approximate surface area is 207 Å². The van der Waals surface area contributed by atoms with Crippen LogP contribution >= 0.6 is 0 Å². The van der Waals surface area contributed by atoms with Gasteiger partial charge in [0.05, 0.1) is 18.8 Å². The van der Waals surface area contributed by atoms with E-state index in [1.54, 1.807) is 0 Å². The van der Waals surface area contributed by atoms with Crippen LogP contribution in [-0.2, 0) is 4.74 Å². The largest absolute Gasteiger partial charge is 0.450 e. The minimum absolute atomic E-state index is 0.0948. The molecule has 0 aromatic carbocycles. The maximum absolute atomic E-state index is 11.9. The molecule has 5 nitrogen and oxygen atoms in total. The lowest BCUT2D eigenvalue weighted by Crippen LogP contribution is -2.62. The molecule has 0 bridgehead atoms. The minimum atomic E-state index is -0.311. The van der Waals surface area contributed by atoms with Crippen LogP contribution in [0.15, 0.2) is 0 Å². The zero-order valence-electron chi connectivity index (χ0n) is 22.6. The van der Waals surface area contributed by atoms with E-state index in [9.17, 15) is 15.0 Å². The van der Waals surface area contributed by atoms with E-state index in [-0.39, 0.29) is 35.2 Å². The average Bonchev–Trinajstić information content (AvgIpc) is 3.12. The van der Waals surface area contributed by atoms with Crippen LogP contribution in [0.5, 0.6) is 0 Å². The smallest absolute Gasteiger partial charge is 0.407 e. The highest BCUT2D eigenvalue weighted by molar-refractivity contribution is 5.67. The number of fused-ring (bicyclic) bond motifs is 5. The normalized spacial score (nSPS) is 46.9. The lowest BCUT2D eigenvalue weighted by molar-refractivity contribution is -0.203. The third kappa shape index (κ3) is 4.42. The molecule has 0 aromatic rings. The summed E-state index contributed by atoms with van der Waals surface area (Å²) in [5.41, 5.74) is 0.518. The van der Waals surface area contributed by atoms with Gasteiger partial charge in [-0.25, -0.2) is 4.79 Å². The number of rotatable bonds is 6. The molecular weight excluding hydrogens is 426 g/mol. The summed E-state index contributed by atoms with van der Waals surface area (Å²) in [4.78, 5) is 11.9. The second-order valence-corrected chi connectivity index (χ2v) is 13.3. The predicted molar refractivity (Wildman–Crippen MR) is 135 cm³/mol. The molecule has 4 fully saturated rings. The molecule has 0 saturated heterocycles. The molecule has 0 aliphatic heterocycles. The fourth-order valence-electron chi connectivity index (χ4n) is 9.75. The molecule has 3 N–H and O–H groups in total. The maximum Gasteiger partial charge on any atom is 0.407 e. The summed E-state index contributed by atoms with van der Waals surface area (Å²) < 4.78 is 5.45. The van der Waals surface area contributed by atoms with E-state index in [0.29, 0.717) is 48.0 Å². The van der Waals surface area contributed by atoms with Gasteiger partial charge in [0.25, 0.3) is 0 Å². The van der Waals surface area contributed by atoms with Crippen LogP contribution in [0.3, 0.4) is 0 Å². The first-order chi connectivity index (χ1) is 16.0. The van der Waals surface area contributed by atoms with E-state index in [0.717, 1.165) is 32.1 Å². The average molecular weight is 478 g/mol. The van der Waals surface area contributed by atoms with E-state index >= 15 is 0 Å².